The van der Waals surface area contributed by atoms with E-state index >= 15 is 0 Å². The maximum atomic E-state index is 12.0. The van der Waals surface area contributed by atoms with Crippen LogP contribution in [0.3, 0.4) is 0 Å². The maximum absolute atomic E-state index is 12.0. The van der Waals surface area contributed by atoms with Gasteiger partial charge in [0.15, 0.2) is 0 Å². The van der Waals surface area contributed by atoms with Gasteiger partial charge in [-0.15, -0.1) is 0 Å². The fourth-order valence-corrected chi connectivity index (χ4v) is 2.42. The number of nitrogens with zero attached hydrogens (tertiary/aromatic N) is 1. The molecular formula is C21H27N3O3. The number of carbonyl (C=O) groups excluding carboxylic acids is 2. The standard InChI is InChI=1S/C21H27N3O3/c1-21(2,3)27-20(26)23-14-6-7-16-9-11-17(12-10-16)24-19(25)15-18-8-4-5-13-22-18/h4-5,8-13H,6-7,14-15H2,1-3H3,(H,23,26)(H,24,25). The van der Waals surface area contributed by atoms with Crippen molar-refractivity contribution in [2.45, 2.75) is 45.6 Å². The van der Waals surface area contributed by atoms with Crippen LogP contribution in [0.4, 0.5) is 10.5 Å². The molecule has 27 heavy (non-hydrogen) atoms. The molecule has 0 aliphatic rings. The van der Waals surface area contributed by atoms with Crippen LogP contribution in [0.15, 0.2) is 48.7 Å². The highest BCUT2D eigenvalue weighted by Crippen LogP contribution is 2.12. The first-order chi connectivity index (χ1) is 12.8. The third kappa shape index (κ3) is 8.35. The lowest BCUT2D eigenvalue weighted by Gasteiger charge is -2.19. The lowest BCUT2D eigenvalue weighted by Crippen LogP contribution is -2.33. The van der Waals surface area contributed by atoms with Crippen molar-refractivity contribution in [3.05, 3.63) is 59.9 Å². The van der Waals surface area contributed by atoms with E-state index in [1.54, 1.807) is 6.20 Å². The Bertz CT molecular complexity index is 738. The predicted octanol–water partition coefficient (Wildman–Crippen LogP) is 3.72. The number of pyridine rings is 1. The van der Waals surface area contributed by atoms with E-state index < -0.39 is 11.7 Å². The van der Waals surface area contributed by atoms with Gasteiger partial charge in [-0.2, -0.15) is 0 Å². The first-order valence-electron chi connectivity index (χ1n) is 9.07. The SMILES string of the molecule is CC(C)(C)OC(=O)NCCCc1ccc(NC(=O)Cc2ccccn2)cc1. The zero-order valence-electron chi connectivity index (χ0n) is 16.1. The van der Waals surface area contributed by atoms with Crippen molar-refractivity contribution in [3.8, 4) is 0 Å². The second-order valence-corrected chi connectivity index (χ2v) is 7.28. The topological polar surface area (TPSA) is 80.3 Å². The molecule has 1 heterocycles. The molecule has 0 aliphatic carbocycles. The predicted molar refractivity (Wildman–Crippen MR) is 106 cm³/mol. The number of hydrogen-bond acceptors (Lipinski definition) is 4. The van der Waals surface area contributed by atoms with Gasteiger partial charge in [0, 0.05) is 24.1 Å². The molecule has 6 nitrogen and oxygen atoms in total. The van der Waals surface area contributed by atoms with E-state index in [0.29, 0.717) is 6.54 Å². The molecule has 0 bridgehead atoms. The van der Waals surface area contributed by atoms with E-state index in [1.807, 2.05) is 63.2 Å². The van der Waals surface area contributed by atoms with E-state index in [2.05, 4.69) is 15.6 Å². The van der Waals surface area contributed by atoms with E-state index in [9.17, 15) is 9.59 Å². The first-order valence-corrected chi connectivity index (χ1v) is 9.07. The number of aryl methyl sites for hydroxylation is 1. The van der Waals surface area contributed by atoms with Crippen molar-refractivity contribution in [1.29, 1.82) is 0 Å². The third-order valence-corrected chi connectivity index (χ3v) is 3.62. The smallest absolute Gasteiger partial charge is 0.407 e. The van der Waals surface area contributed by atoms with E-state index in [-0.39, 0.29) is 12.3 Å². The summed E-state index contributed by atoms with van der Waals surface area (Å²) >= 11 is 0. The molecule has 0 aliphatic heterocycles. The van der Waals surface area contributed by atoms with Crippen molar-refractivity contribution in [2.24, 2.45) is 0 Å². The number of hydrogen-bond donors (Lipinski definition) is 2. The summed E-state index contributed by atoms with van der Waals surface area (Å²) < 4.78 is 5.19. The Morgan fingerprint density at radius 3 is 2.44 bits per heavy atom. The van der Waals surface area contributed by atoms with Gasteiger partial charge in [-0.1, -0.05) is 18.2 Å². The van der Waals surface area contributed by atoms with E-state index in [1.165, 1.54) is 0 Å². The van der Waals surface area contributed by atoms with Crippen LogP contribution in [0.5, 0.6) is 0 Å². The second-order valence-electron chi connectivity index (χ2n) is 7.28. The Morgan fingerprint density at radius 1 is 1.07 bits per heavy atom. The van der Waals surface area contributed by atoms with Crippen molar-refractivity contribution >= 4 is 17.7 Å². The molecule has 2 amide bonds. The van der Waals surface area contributed by atoms with Crippen LogP contribution in [0.2, 0.25) is 0 Å². The van der Waals surface area contributed by atoms with Gasteiger partial charge in [0.25, 0.3) is 0 Å². The summed E-state index contributed by atoms with van der Waals surface area (Å²) in [6.07, 6.45) is 3.17. The Balaban J connectivity index is 1.70. The van der Waals surface area contributed by atoms with Crippen molar-refractivity contribution < 1.29 is 14.3 Å². The van der Waals surface area contributed by atoms with Crippen LogP contribution >= 0.6 is 0 Å². The van der Waals surface area contributed by atoms with Crippen molar-refractivity contribution in [2.75, 3.05) is 11.9 Å². The molecule has 2 N–H and O–H groups in total. The number of ether oxygens (including phenoxy) is 1. The number of amides is 2. The molecule has 1 aromatic carbocycles. The Hall–Kier alpha value is -2.89. The van der Waals surface area contributed by atoms with Gasteiger partial charge in [0.1, 0.15) is 5.60 Å². The lowest BCUT2D eigenvalue weighted by atomic mass is 10.1. The first kappa shape index (κ1) is 20.4. The molecule has 0 unspecified atom stereocenters. The molecule has 6 heteroatoms. The van der Waals surface area contributed by atoms with E-state index in [4.69, 9.17) is 4.74 Å². The molecule has 0 radical (unpaired) electrons. The molecule has 1 aromatic heterocycles. The number of nitrogens with one attached hydrogen (secondary N) is 2. The zero-order valence-corrected chi connectivity index (χ0v) is 16.1. The highest BCUT2D eigenvalue weighted by atomic mass is 16.6. The van der Waals surface area contributed by atoms with Gasteiger partial charge in [-0.3, -0.25) is 9.78 Å². The van der Waals surface area contributed by atoms with Gasteiger partial charge < -0.3 is 15.4 Å². The average Bonchev–Trinajstić information content (AvgIpc) is 2.59. The van der Waals surface area contributed by atoms with Crippen LogP contribution < -0.4 is 10.6 Å². The summed E-state index contributed by atoms with van der Waals surface area (Å²) in [6.45, 7) is 6.06. The second kappa shape index (κ2) is 9.71. The minimum absolute atomic E-state index is 0.0944. The van der Waals surface area contributed by atoms with Gasteiger partial charge in [-0.25, -0.2) is 4.79 Å². The summed E-state index contributed by atoms with van der Waals surface area (Å²) in [6, 6.07) is 13.2. The number of anilines is 1. The summed E-state index contributed by atoms with van der Waals surface area (Å²) in [4.78, 5) is 27.8. The maximum Gasteiger partial charge on any atom is 0.407 e. The molecule has 2 aromatic rings. The highest BCUT2D eigenvalue weighted by Gasteiger charge is 2.15. The molecule has 0 saturated carbocycles. The number of carbonyl (C=O) groups is 2. The summed E-state index contributed by atoms with van der Waals surface area (Å²) in [7, 11) is 0. The monoisotopic (exact) mass is 369 g/mol. The lowest BCUT2D eigenvalue weighted by molar-refractivity contribution is -0.115. The van der Waals surface area contributed by atoms with Crippen LogP contribution in [-0.2, 0) is 22.4 Å². The number of aromatic nitrogens is 1. The quantitative estimate of drug-likeness (QED) is 0.729. The summed E-state index contributed by atoms with van der Waals surface area (Å²) in [5.41, 5.74) is 2.15. The Kier molecular flexibility index (Phi) is 7.34. The Labute approximate surface area is 160 Å². The minimum Gasteiger partial charge on any atom is -0.444 e. The zero-order chi connectivity index (χ0) is 19.7. The van der Waals surface area contributed by atoms with Crippen molar-refractivity contribution in [3.63, 3.8) is 0 Å². The summed E-state index contributed by atoms with van der Waals surface area (Å²) in [5.74, 6) is -0.0944. The molecule has 0 atom stereocenters. The fraction of sp³-hybridized carbons (Fsp3) is 0.381. The molecule has 0 spiro atoms. The highest BCUT2D eigenvalue weighted by molar-refractivity contribution is 5.92. The average molecular weight is 369 g/mol. The Morgan fingerprint density at radius 2 is 1.81 bits per heavy atom. The molecular weight excluding hydrogens is 342 g/mol. The molecule has 0 saturated heterocycles. The molecule has 2 rings (SSSR count). The van der Waals surface area contributed by atoms with Gasteiger partial charge in [-0.05, 0) is 63.4 Å². The third-order valence-electron chi connectivity index (χ3n) is 3.62. The fourth-order valence-electron chi connectivity index (χ4n) is 2.42. The van der Waals surface area contributed by atoms with Crippen LogP contribution in [0, 0.1) is 0 Å². The number of rotatable bonds is 7. The van der Waals surface area contributed by atoms with Crippen molar-refractivity contribution in [1.82, 2.24) is 10.3 Å². The molecule has 0 fully saturated rings. The molecule has 144 valence electrons. The number of benzene rings is 1. The van der Waals surface area contributed by atoms with Crippen LogP contribution in [0.25, 0.3) is 0 Å². The van der Waals surface area contributed by atoms with Crippen LogP contribution in [0.1, 0.15) is 38.4 Å². The largest absolute Gasteiger partial charge is 0.444 e. The van der Waals surface area contributed by atoms with Gasteiger partial charge >= 0.3 is 6.09 Å². The van der Waals surface area contributed by atoms with E-state index in [0.717, 1.165) is 29.8 Å². The minimum atomic E-state index is -0.485. The number of alkyl carbamates (subject to hydrolysis) is 1. The van der Waals surface area contributed by atoms with Gasteiger partial charge in [0.2, 0.25) is 5.91 Å². The normalized spacial score (nSPS) is 10.9. The van der Waals surface area contributed by atoms with Crippen LogP contribution in [-0.4, -0.2) is 29.1 Å². The van der Waals surface area contributed by atoms with Gasteiger partial charge in [0.05, 0.1) is 6.42 Å². The summed E-state index contributed by atoms with van der Waals surface area (Å²) in [5, 5.41) is 5.62.